The van der Waals surface area contributed by atoms with Crippen molar-refractivity contribution in [3.05, 3.63) is 29.2 Å². The summed E-state index contributed by atoms with van der Waals surface area (Å²) in [6.45, 7) is 19.5. The summed E-state index contributed by atoms with van der Waals surface area (Å²) in [7, 11) is 0. The smallest absolute Gasteiger partial charge is 0 e. The zero-order chi connectivity index (χ0) is 15.4. The Hall–Kier alpha value is 0.142. The predicted molar refractivity (Wildman–Crippen MR) is 91.3 cm³/mol. The van der Waals surface area contributed by atoms with Gasteiger partial charge in [-0.25, -0.2) is 0 Å². The first kappa shape index (κ1) is 25.1. The van der Waals surface area contributed by atoms with Crippen LogP contribution in [-0.2, 0) is 20.4 Å². The van der Waals surface area contributed by atoms with Gasteiger partial charge in [0.2, 0.25) is 0 Å². The van der Waals surface area contributed by atoms with Gasteiger partial charge in [-0.05, 0) is 13.3 Å². The zero-order valence-electron chi connectivity index (χ0n) is 15.3. The Morgan fingerprint density at radius 3 is 1.75 bits per heavy atom. The third-order valence-corrected chi connectivity index (χ3v) is 3.82. The maximum absolute atomic E-state index is 2.41. The normalized spacial score (nSPS) is 26.6. The minimum Gasteiger partial charge on any atom is -0.310 e. The SMILES string of the molecule is C/C=C1/CC(C)[C-](C)C(C)C/C1=C/CC.CC.CC.[Re]. The minimum absolute atomic E-state index is 0. The van der Waals surface area contributed by atoms with Gasteiger partial charge in [-0.2, -0.15) is 18.8 Å². The van der Waals surface area contributed by atoms with Crippen LogP contribution in [0.5, 0.6) is 0 Å². The van der Waals surface area contributed by atoms with Gasteiger partial charge in [0, 0.05) is 20.4 Å². The molecule has 1 aliphatic carbocycles. The molecule has 0 aromatic rings. The second-order valence-electron chi connectivity index (χ2n) is 4.91. The van der Waals surface area contributed by atoms with E-state index < -0.39 is 0 Å². The molecule has 0 aromatic carbocycles. The van der Waals surface area contributed by atoms with E-state index in [1.54, 1.807) is 17.1 Å². The van der Waals surface area contributed by atoms with Crippen molar-refractivity contribution in [2.24, 2.45) is 11.8 Å². The van der Waals surface area contributed by atoms with Crippen LogP contribution in [0, 0.1) is 17.8 Å². The molecule has 0 spiro atoms. The fourth-order valence-electron chi connectivity index (χ4n) is 2.49. The molecule has 1 radical (unpaired) electrons. The van der Waals surface area contributed by atoms with Crippen molar-refractivity contribution in [2.45, 2.75) is 81.6 Å². The van der Waals surface area contributed by atoms with Gasteiger partial charge in [0.05, 0.1) is 0 Å². The van der Waals surface area contributed by atoms with Crippen LogP contribution in [0.2, 0.25) is 0 Å². The van der Waals surface area contributed by atoms with Crippen molar-refractivity contribution in [3.8, 4) is 0 Å². The molecule has 2 atom stereocenters. The van der Waals surface area contributed by atoms with E-state index in [2.05, 4.69) is 46.8 Å². The molecule has 0 heterocycles. The summed E-state index contributed by atoms with van der Waals surface area (Å²) in [4.78, 5) is 0. The number of hydrogen-bond acceptors (Lipinski definition) is 0. The van der Waals surface area contributed by atoms with Gasteiger partial charge in [-0.3, -0.25) is 0 Å². The van der Waals surface area contributed by atoms with Crippen LogP contribution in [-0.4, -0.2) is 0 Å². The van der Waals surface area contributed by atoms with Crippen LogP contribution in [0.4, 0.5) is 0 Å². The van der Waals surface area contributed by atoms with Crippen molar-refractivity contribution in [1.82, 2.24) is 0 Å². The fourth-order valence-corrected chi connectivity index (χ4v) is 2.49. The molecule has 121 valence electrons. The van der Waals surface area contributed by atoms with E-state index in [0.29, 0.717) is 0 Å². The second-order valence-corrected chi connectivity index (χ2v) is 4.91. The molecule has 0 aromatic heterocycles. The summed E-state index contributed by atoms with van der Waals surface area (Å²) in [6, 6.07) is 0. The Morgan fingerprint density at radius 2 is 1.40 bits per heavy atom. The summed E-state index contributed by atoms with van der Waals surface area (Å²) in [6.07, 6.45) is 8.36. The Kier molecular flexibility index (Phi) is 19.5. The monoisotopic (exact) mass is 452 g/mol. The van der Waals surface area contributed by atoms with Gasteiger partial charge in [0.1, 0.15) is 0 Å². The molecule has 0 aliphatic heterocycles. The molecule has 1 heteroatoms. The summed E-state index contributed by atoms with van der Waals surface area (Å²) in [5, 5.41) is 0. The van der Waals surface area contributed by atoms with Crippen LogP contribution in [0.25, 0.3) is 0 Å². The predicted octanol–water partition coefficient (Wildman–Crippen LogP) is 6.98. The van der Waals surface area contributed by atoms with Crippen LogP contribution in [0.1, 0.15) is 81.6 Å². The third-order valence-electron chi connectivity index (χ3n) is 3.82. The number of rotatable bonds is 1. The summed E-state index contributed by atoms with van der Waals surface area (Å²) >= 11 is 0. The minimum atomic E-state index is 0. The van der Waals surface area contributed by atoms with E-state index in [4.69, 9.17) is 0 Å². The van der Waals surface area contributed by atoms with E-state index in [9.17, 15) is 0 Å². The van der Waals surface area contributed by atoms with Gasteiger partial charge in [-0.1, -0.05) is 84.6 Å². The van der Waals surface area contributed by atoms with Crippen molar-refractivity contribution in [1.29, 1.82) is 0 Å². The van der Waals surface area contributed by atoms with Crippen LogP contribution >= 0.6 is 0 Å². The third kappa shape index (κ3) is 8.43. The van der Waals surface area contributed by atoms with Crippen molar-refractivity contribution in [3.63, 3.8) is 0 Å². The van der Waals surface area contributed by atoms with E-state index in [0.717, 1.165) is 18.3 Å². The molecular formula is C19H37Re-. The first-order chi connectivity index (χ1) is 9.10. The van der Waals surface area contributed by atoms with Gasteiger partial charge in [0.15, 0.2) is 0 Å². The van der Waals surface area contributed by atoms with Crippen LogP contribution in [0.3, 0.4) is 0 Å². The molecule has 0 N–H and O–H groups in total. The molecule has 1 aliphatic rings. The topological polar surface area (TPSA) is 0 Å². The van der Waals surface area contributed by atoms with Gasteiger partial charge in [0.25, 0.3) is 0 Å². The van der Waals surface area contributed by atoms with E-state index in [1.165, 1.54) is 12.8 Å². The average molecular weight is 452 g/mol. The molecule has 1 saturated carbocycles. The molecule has 0 amide bonds. The second kappa shape index (κ2) is 15.5. The van der Waals surface area contributed by atoms with Gasteiger partial charge >= 0.3 is 0 Å². The summed E-state index contributed by atoms with van der Waals surface area (Å²) in [5.74, 6) is 3.16. The number of allylic oxidation sites excluding steroid dienone is 4. The standard InChI is InChI=1S/C15H25.2C2H6.Re/c1-6-8-15-10-12(4)13(5)11(3)9-14(15)7-2;2*1-2;/h7-8,11-12H,6,9-10H2,1-5H3;2*1-2H3;/q-1;;;/b14-7-,15-8-;;;. The maximum Gasteiger partial charge on any atom is 0 e. The Morgan fingerprint density at radius 1 is 1.00 bits per heavy atom. The first-order valence-electron chi connectivity index (χ1n) is 8.28. The van der Waals surface area contributed by atoms with Gasteiger partial charge in [-0.15, -0.1) is 0 Å². The molecule has 1 rings (SSSR count). The van der Waals surface area contributed by atoms with Crippen LogP contribution < -0.4 is 0 Å². The molecule has 0 saturated heterocycles. The molecule has 2 unspecified atom stereocenters. The molecule has 0 nitrogen and oxygen atoms in total. The van der Waals surface area contributed by atoms with Crippen molar-refractivity contribution < 1.29 is 20.4 Å². The summed E-state index contributed by atoms with van der Waals surface area (Å²) in [5.41, 5.74) is 3.17. The fraction of sp³-hybridized carbons (Fsp3) is 0.737. The van der Waals surface area contributed by atoms with Crippen molar-refractivity contribution in [2.75, 3.05) is 0 Å². The number of hydrogen-bond donors (Lipinski definition) is 0. The Balaban J connectivity index is -0.000000529. The first-order valence-corrected chi connectivity index (χ1v) is 8.28. The van der Waals surface area contributed by atoms with E-state index in [1.807, 2.05) is 27.7 Å². The zero-order valence-corrected chi connectivity index (χ0v) is 18.0. The van der Waals surface area contributed by atoms with E-state index >= 15 is 0 Å². The molecule has 20 heavy (non-hydrogen) atoms. The Bertz CT molecular complexity index is 263. The van der Waals surface area contributed by atoms with E-state index in [-0.39, 0.29) is 20.4 Å². The Labute approximate surface area is 143 Å². The average Bonchev–Trinajstić information content (AvgIpc) is 2.56. The van der Waals surface area contributed by atoms with Crippen LogP contribution in [0.15, 0.2) is 23.3 Å². The van der Waals surface area contributed by atoms with Gasteiger partial charge < -0.3 is 5.92 Å². The summed E-state index contributed by atoms with van der Waals surface area (Å²) < 4.78 is 0. The molecule has 1 fully saturated rings. The van der Waals surface area contributed by atoms with Crippen molar-refractivity contribution >= 4 is 0 Å². The maximum atomic E-state index is 2.41. The largest absolute Gasteiger partial charge is 0.310 e. The molecule has 0 bridgehead atoms. The molecular weight excluding hydrogens is 414 g/mol. The quantitative estimate of drug-likeness (QED) is 0.298.